The molecular weight excluding hydrogens is 303 g/mol. The number of anilines is 1. The molecule has 0 spiro atoms. The third-order valence-corrected chi connectivity index (χ3v) is 3.47. The lowest BCUT2D eigenvalue weighted by molar-refractivity contribution is -0.120. The molecule has 0 aromatic heterocycles. The van der Waals surface area contributed by atoms with E-state index in [1.165, 1.54) is 17.7 Å². The van der Waals surface area contributed by atoms with Crippen molar-refractivity contribution >= 4 is 23.2 Å². The Bertz CT molecular complexity index is 619. The van der Waals surface area contributed by atoms with Crippen LogP contribution in [0, 0.1) is 5.82 Å². The van der Waals surface area contributed by atoms with Crippen LogP contribution in [0.15, 0.2) is 48.5 Å². The van der Waals surface area contributed by atoms with E-state index in [4.69, 9.17) is 11.6 Å². The molecule has 116 valence electrons. The fourth-order valence-electron chi connectivity index (χ4n) is 2.01. The Morgan fingerprint density at radius 1 is 1.09 bits per heavy atom. The highest BCUT2D eigenvalue weighted by Crippen LogP contribution is 2.19. The predicted octanol–water partition coefficient (Wildman–Crippen LogP) is 3.64. The van der Waals surface area contributed by atoms with Gasteiger partial charge in [-0.2, -0.15) is 0 Å². The van der Waals surface area contributed by atoms with Crippen LogP contribution >= 0.6 is 11.6 Å². The molecule has 2 rings (SSSR count). The fraction of sp³-hybridized carbons (Fsp3) is 0.235. The van der Waals surface area contributed by atoms with Crippen molar-refractivity contribution in [2.24, 2.45) is 0 Å². The van der Waals surface area contributed by atoms with Crippen molar-refractivity contribution < 1.29 is 9.18 Å². The number of rotatable bonds is 7. The van der Waals surface area contributed by atoms with Gasteiger partial charge in [0.25, 0.3) is 0 Å². The molecule has 0 aliphatic rings. The van der Waals surface area contributed by atoms with Gasteiger partial charge in [0.1, 0.15) is 5.82 Å². The van der Waals surface area contributed by atoms with Gasteiger partial charge in [-0.15, -0.1) is 0 Å². The molecule has 2 aromatic carbocycles. The summed E-state index contributed by atoms with van der Waals surface area (Å²) in [5, 5.41) is 5.98. The molecule has 0 aliphatic carbocycles. The van der Waals surface area contributed by atoms with Crippen molar-refractivity contribution in [3.63, 3.8) is 0 Å². The Morgan fingerprint density at radius 2 is 1.86 bits per heavy atom. The van der Waals surface area contributed by atoms with Crippen molar-refractivity contribution in [2.75, 3.05) is 18.4 Å². The van der Waals surface area contributed by atoms with E-state index in [-0.39, 0.29) is 10.9 Å². The molecule has 0 bridgehead atoms. The van der Waals surface area contributed by atoms with E-state index in [1.54, 1.807) is 6.07 Å². The van der Waals surface area contributed by atoms with Gasteiger partial charge in [0.15, 0.2) is 0 Å². The number of hydrogen-bond donors (Lipinski definition) is 2. The molecule has 2 N–H and O–H groups in total. The number of carbonyl (C=O) groups is 1. The van der Waals surface area contributed by atoms with E-state index < -0.39 is 5.82 Å². The zero-order valence-electron chi connectivity index (χ0n) is 12.1. The van der Waals surface area contributed by atoms with Gasteiger partial charge >= 0.3 is 0 Å². The van der Waals surface area contributed by atoms with Crippen LogP contribution in [0.25, 0.3) is 0 Å². The fourth-order valence-corrected chi connectivity index (χ4v) is 2.19. The quantitative estimate of drug-likeness (QED) is 0.817. The molecule has 0 fully saturated rings. The van der Waals surface area contributed by atoms with E-state index in [1.807, 2.05) is 30.3 Å². The highest BCUT2D eigenvalue weighted by atomic mass is 35.5. The largest absolute Gasteiger partial charge is 0.384 e. The maximum Gasteiger partial charge on any atom is 0.221 e. The maximum absolute atomic E-state index is 13.0. The number of hydrogen-bond acceptors (Lipinski definition) is 2. The summed E-state index contributed by atoms with van der Waals surface area (Å²) < 4.78 is 13.0. The van der Waals surface area contributed by atoms with Gasteiger partial charge < -0.3 is 10.6 Å². The highest BCUT2D eigenvalue weighted by Gasteiger charge is 2.03. The standard InChI is InChI=1S/C17H18ClFN2O/c18-15-12-14(6-7-16(15)19)20-11-9-17(22)21-10-8-13-4-2-1-3-5-13/h1-7,12,20H,8-11H2,(H,21,22). The Kier molecular flexibility index (Phi) is 6.22. The summed E-state index contributed by atoms with van der Waals surface area (Å²) in [7, 11) is 0. The van der Waals surface area contributed by atoms with Gasteiger partial charge in [0, 0.05) is 25.2 Å². The molecule has 3 nitrogen and oxygen atoms in total. The first-order chi connectivity index (χ1) is 10.6. The lowest BCUT2D eigenvalue weighted by atomic mass is 10.1. The minimum atomic E-state index is -0.453. The van der Waals surface area contributed by atoms with Gasteiger partial charge in [-0.05, 0) is 30.2 Å². The minimum Gasteiger partial charge on any atom is -0.384 e. The van der Waals surface area contributed by atoms with Crippen LogP contribution < -0.4 is 10.6 Å². The van der Waals surface area contributed by atoms with Crippen molar-refractivity contribution in [1.29, 1.82) is 0 Å². The van der Waals surface area contributed by atoms with E-state index >= 15 is 0 Å². The molecule has 5 heteroatoms. The minimum absolute atomic E-state index is 0.0170. The van der Waals surface area contributed by atoms with Gasteiger partial charge in [-0.25, -0.2) is 4.39 Å². The average Bonchev–Trinajstić information content (AvgIpc) is 2.52. The summed E-state index contributed by atoms with van der Waals surface area (Å²) in [6.45, 7) is 1.09. The number of benzene rings is 2. The molecule has 2 aromatic rings. The number of amides is 1. The zero-order valence-corrected chi connectivity index (χ0v) is 12.9. The average molecular weight is 321 g/mol. The normalized spacial score (nSPS) is 10.3. The highest BCUT2D eigenvalue weighted by molar-refractivity contribution is 6.31. The number of carbonyl (C=O) groups excluding carboxylic acids is 1. The van der Waals surface area contributed by atoms with Crippen molar-refractivity contribution in [3.8, 4) is 0 Å². The Morgan fingerprint density at radius 3 is 2.59 bits per heavy atom. The van der Waals surface area contributed by atoms with Crippen molar-refractivity contribution in [2.45, 2.75) is 12.8 Å². The van der Waals surface area contributed by atoms with Gasteiger partial charge in [-0.1, -0.05) is 41.9 Å². The lowest BCUT2D eigenvalue weighted by Crippen LogP contribution is -2.27. The summed E-state index contributed by atoms with van der Waals surface area (Å²) in [6.07, 6.45) is 1.16. The van der Waals surface area contributed by atoms with Crippen LogP contribution in [0.3, 0.4) is 0 Å². The molecule has 0 heterocycles. The smallest absolute Gasteiger partial charge is 0.221 e. The molecule has 0 unspecified atom stereocenters. The van der Waals surface area contributed by atoms with E-state index in [2.05, 4.69) is 10.6 Å². The molecule has 0 aliphatic heterocycles. The summed E-state index contributed by atoms with van der Waals surface area (Å²) in [6, 6.07) is 14.4. The van der Waals surface area contributed by atoms with E-state index in [9.17, 15) is 9.18 Å². The monoisotopic (exact) mass is 320 g/mol. The summed E-state index contributed by atoms with van der Waals surface area (Å²) >= 11 is 5.69. The lowest BCUT2D eigenvalue weighted by Gasteiger charge is -2.08. The molecule has 0 saturated heterocycles. The Labute approximate surface area is 134 Å². The molecule has 0 atom stereocenters. The third-order valence-electron chi connectivity index (χ3n) is 3.18. The van der Waals surface area contributed by atoms with Crippen molar-refractivity contribution in [1.82, 2.24) is 5.32 Å². The van der Waals surface area contributed by atoms with Crippen LogP contribution in [0.1, 0.15) is 12.0 Å². The Balaban J connectivity index is 1.64. The summed E-state index contributed by atoms with van der Waals surface area (Å²) in [5.74, 6) is -0.470. The van der Waals surface area contributed by atoms with Crippen LogP contribution in [-0.2, 0) is 11.2 Å². The molecule has 0 radical (unpaired) electrons. The molecular formula is C17H18ClFN2O. The van der Waals surface area contributed by atoms with Crippen LogP contribution in [-0.4, -0.2) is 19.0 Å². The first kappa shape index (κ1) is 16.3. The van der Waals surface area contributed by atoms with Gasteiger partial charge in [0.2, 0.25) is 5.91 Å². The first-order valence-electron chi connectivity index (χ1n) is 7.15. The van der Waals surface area contributed by atoms with Crippen molar-refractivity contribution in [3.05, 3.63) is 64.9 Å². The molecule has 0 saturated carbocycles. The topological polar surface area (TPSA) is 41.1 Å². The second-order valence-corrected chi connectivity index (χ2v) is 5.30. The number of nitrogens with one attached hydrogen (secondary N) is 2. The molecule has 1 amide bonds. The second kappa shape index (κ2) is 8.39. The van der Waals surface area contributed by atoms with E-state index in [0.29, 0.717) is 25.2 Å². The van der Waals surface area contributed by atoms with Crippen LogP contribution in [0.2, 0.25) is 5.02 Å². The molecule has 22 heavy (non-hydrogen) atoms. The summed E-state index contributed by atoms with van der Waals surface area (Å²) in [4.78, 5) is 11.7. The zero-order chi connectivity index (χ0) is 15.8. The maximum atomic E-state index is 13.0. The first-order valence-corrected chi connectivity index (χ1v) is 7.52. The van der Waals surface area contributed by atoms with E-state index in [0.717, 1.165) is 6.42 Å². The second-order valence-electron chi connectivity index (χ2n) is 4.89. The van der Waals surface area contributed by atoms with Crippen LogP contribution in [0.5, 0.6) is 0 Å². The predicted molar refractivity (Wildman–Crippen MR) is 87.7 cm³/mol. The SMILES string of the molecule is O=C(CCNc1ccc(F)c(Cl)c1)NCCc1ccccc1. The van der Waals surface area contributed by atoms with Crippen LogP contribution in [0.4, 0.5) is 10.1 Å². The summed E-state index contributed by atoms with van der Waals surface area (Å²) in [5.41, 5.74) is 1.89. The number of halogens is 2. The third kappa shape index (κ3) is 5.37. The van der Waals surface area contributed by atoms with Gasteiger partial charge in [-0.3, -0.25) is 4.79 Å². The van der Waals surface area contributed by atoms with Gasteiger partial charge in [0.05, 0.1) is 5.02 Å². The Hall–Kier alpha value is -2.07.